The van der Waals surface area contributed by atoms with Gasteiger partial charge in [0.15, 0.2) is 0 Å². The van der Waals surface area contributed by atoms with Gasteiger partial charge in [-0.1, -0.05) is 24.3 Å². The molecule has 202 valence electrons. The molecule has 2 heterocycles. The monoisotopic (exact) mass is 549 g/mol. The van der Waals surface area contributed by atoms with Crippen molar-refractivity contribution in [2.75, 3.05) is 49.5 Å². The van der Waals surface area contributed by atoms with E-state index in [1.54, 1.807) is 24.3 Å². The van der Waals surface area contributed by atoms with Crippen LogP contribution in [0.25, 0.3) is 11.3 Å². The average Bonchev–Trinajstić information content (AvgIpc) is 2.95. The quantitative estimate of drug-likeness (QED) is 0.297. The highest BCUT2D eigenvalue weighted by atomic mass is 32.2. The standard InChI is InChI=1S/C28H28FN5O4S/c29-25-6-1-2-7-27(25)39(35,36)33-23-10-8-22(9-11-23)32-28-19-26(30-20-31-28)21-4-3-5-24(18-21)38-17-14-34-12-15-37-16-13-34/h1-11,18-20,33H,12-17H2,(H,30,31,32). The zero-order valence-corrected chi connectivity index (χ0v) is 21.9. The van der Waals surface area contributed by atoms with Gasteiger partial charge < -0.3 is 14.8 Å². The van der Waals surface area contributed by atoms with Crippen molar-refractivity contribution < 1.29 is 22.3 Å². The Morgan fingerprint density at radius 3 is 2.49 bits per heavy atom. The van der Waals surface area contributed by atoms with E-state index >= 15 is 0 Å². The van der Waals surface area contributed by atoms with Crippen LogP contribution in [0, 0.1) is 5.82 Å². The molecule has 0 atom stereocenters. The number of halogens is 1. The van der Waals surface area contributed by atoms with Gasteiger partial charge in [0.2, 0.25) is 0 Å². The predicted molar refractivity (Wildman–Crippen MR) is 147 cm³/mol. The third kappa shape index (κ3) is 7.08. The number of hydrogen-bond donors (Lipinski definition) is 2. The Labute approximate surface area is 226 Å². The van der Waals surface area contributed by atoms with Crippen LogP contribution >= 0.6 is 0 Å². The molecule has 0 bridgehead atoms. The Hall–Kier alpha value is -4.06. The molecule has 9 nitrogen and oxygen atoms in total. The van der Waals surface area contributed by atoms with Gasteiger partial charge in [0, 0.05) is 42.6 Å². The summed E-state index contributed by atoms with van der Waals surface area (Å²) in [5, 5.41) is 3.19. The zero-order valence-electron chi connectivity index (χ0n) is 21.1. The van der Waals surface area contributed by atoms with E-state index < -0.39 is 20.7 Å². The van der Waals surface area contributed by atoms with Gasteiger partial charge in [-0.25, -0.2) is 22.8 Å². The van der Waals surface area contributed by atoms with E-state index in [9.17, 15) is 12.8 Å². The molecule has 0 saturated carbocycles. The smallest absolute Gasteiger partial charge is 0.264 e. The maximum atomic E-state index is 13.9. The number of ether oxygens (including phenoxy) is 2. The lowest BCUT2D eigenvalue weighted by Crippen LogP contribution is -2.38. The van der Waals surface area contributed by atoms with Gasteiger partial charge in [0.05, 0.1) is 18.9 Å². The topological polar surface area (TPSA) is 106 Å². The van der Waals surface area contributed by atoms with Crippen LogP contribution in [0.3, 0.4) is 0 Å². The number of rotatable bonds is 10. The number of benzene rings is 3. The lowest BCUT2D eigenvalue weighted by atomic mass is 10.1. The van der Waals surface area contributed by atoms with E-state index in [1.165, 1.54) is 24.5 Å². The molecule has 1 aliphatic heterocycles. The molecular weight excluding hydrogens is 521 g/mol. The first-order chi connectivity index (χ1) is 19.0. The number of hydrogen-bond acceptors (Lipinski definition) is 8. The third-order valence-corrected chi connectivity index (χ3v) is 7.53. The SMILES string of the molecule is O=S(=O)(Nc1ccc(Nc2cc(-c3cccc(OCCN4CCOCC4)c3)ncn2)cc1)c1ccccc1F. The van der Waals surface area contributed by atoms with Gasteiger partial charge in [-0.3, -0.25) is 9.62 Å². The van der Waals surface area contributed by atoms with Crippen molar-refractivity contribution in [1.29, 1.82) is 0 Å². The van der Waals surface area contributed by atoms with Crippen LogP contribution in [0.5, 0.6) is 5.75 Å². The molecule has 1 saturated heterocycles. The fourth-order valence-electron chi connectivity index (χ4n) is 4.09. The second-order valence-electron chi connectivity index (χ2n) is 8.86. The first-order valence-electron chi connectivity index (χ1n) is 12.5. The van der Waals surface area contributed by atoms with Crippen molar-refractivity contribution in [2.45, 2.75) is 4.90 Å². The Bertz CT molecular complexity index is 1510. The highest BCUT2D eigenvalue weighted by Crippen LogP contribution is 2.26. The molecule has 0 spiro atoms. The molecule has 11 heteroatoms. The van der Waals surface area contributed by atoms with Crippen molar-refractivity contribution in [1.82, 2.24) is 14.9 Å². The fourth-order valence-corrected chi connectivity index (χ4v) is 5.23. The summed E-state index contributed by atoms with van der Waals surface area (Å²) in [6.07, 6.45) is 1.47. The summed E-state index contributed by atoms with van der Waals surface area (Å²) in [5.74, 6) is 0.522. The maximum absolute atomic E-state index is 13.9. The first kappa shape index (κ1) is 26.5. The van der Waals surface area contributed by atoms with Crippen LogP contribution in [0.4, 0.5) is 21.6 Å². The van der Waals surface area contributed by atoms with Crippen molar-refractivity contribution in [3.63, 3.8) is 0 Å². The van der Waals surface area contributed by atoms with Crippen molar-refractivity contribution in [3.8, 4) is 17.0 Å². The summed E-state index contributed by atoms with van der Waals surface area (Å²) in [6, 6.07) is 21.4. The van der Waals surface area contributed by atoms with Crippen LogP contribution < -0.4 is 14.8 Å². The van der Waals surface area contributed by atoms with Crippen LogP contribution in [-0.4, -0.2) is 62.7 Å². The van der Waals surface area contributed by atoms with E-state index in [-0.39, 0.29) is 0 Å². The van der Waals surface area contributed by atoms with E-state index in [0.717, 1.165) is 55.9 Å². The molecule has 39 heavy (non-hydrogen) atoms. The van der Waals surface area contributed by atoms with Crippen molar-refractivity contribution in [3.05, 3.63) is 91.0 Å². The summed E-state index contributed by atoms with van der Waals surface area (Å²) in [7, 11) is -4.05. The molecule has 0 aliphatic carbocycles. The molecule has 2 N–H and O–H groups in total. The number of nitrogens with one attached hydrogen (secondary N) is 2. The highest BCUT2D eigenvalue weighted by Gasteiger charge is 2.18. The Balaban J connectivity index is 1.21. The summed E-state index contributed by atoms with van der Waals surface area (Å²) in [6.45, 7) is 4.80. The Morgan fingerprint density at radius 1 is 0.923 bits per heavy atom. The lowest BCUT2D eigenvalue weighted by molar-refractivity contribution is 0.0322. The molecule has 1 aliphatic rings. The molecule has 0 amide bonds. The van der Waals surface area contributed by atoms with Crippen molar-refractivity contribution >= 4 is 27.2 Å². The van der Waals surface area contributed by atoms with E-state index in [0.29, 0.717) is 23.8 Å². The van der Waals surface area contributed by atoms with Crippen LogP contribution in [-0.2, 0) is 14.8 Å². The van der Waals surface area contributed by atoms with Gasteiger partial charge in [-0.15, -0.1) is 0 Å². The molecule has 5 rings (SSSR count). The normalized spacial score (nSPS) is 14.1. The maximum Gasteiger partial charge on any atom is 0.264 e. The third-order valence-electron chi connectivity index (χ3n) is 6.11. The van der Waals surface area contributed by atoms with E-state index in [2.05, 4.69) is 24.9 Å². The molecule has 0 radical (unpaired) electrons. The largest absolute Gasteiger partial charge is 0.492 e. The second kappa shape index (κ2) is 12.2. The first-order valence-corrected chi connectivity index (χ1v) is 13.9. The number of anilines is 3. The fraction of sp³-hybridized carbons (Fsp3) is 0.214. The van der Waals surface area contributed by atoms with Gasteiger partial charge in [0.1, 0.15) is 35.2 Å². The molecule has 1 aromatic heterocycles. The lowest BCUT2D eigenvalue weighted by Gasteiger charge is -2.26. The predicted octanol–water partition coefficient (Wildman–Crippen LogP) is 4.54. The molecule has 3 aromatic carbocycles. The molecular formula is C28H28FN5O4S. The van der Waals surface area contributed by atoms with E-state index in [4.69, 9.17) is 9.47 Å². The summed E-state index contributed by atoms with van der Waals surface area (Å²) >= 11 is 0. The number of aromatic nitrogens is 2. The summed E-state index contributed by atoms with van der Waals surface area (Å²) in [5.41, 5.74) is 2.61. The summed E-state index contributed by atoms with van der Waals surface area (Å²) in [4.78, 5) is 10.6. The van der Waals surface area contributed by atoms with Crippen LogP contribution in [0.15, 0.2) is 90.1 Å². The van der Waals surface area contributed by atoms with E-state index in [1.807, 2.05) is 30.3 Å². The average molecular weight is 550 g/mol. The van der Waals surface area contributed by atoms with Gasteiger partial charge in [-0.05, 0) is 48.5 Å². The number of nitrogens with zero attached hydrogens (tertiary/aromatic N) is 3. The van der Waals surface area contributed by atoms with Crippen molar-refractivity contribution in [2.24, 2.45) is 0 Å². The Kier molecular flexibility index (Phi) is 8.30. The Morgan fingerprint density at radius 2 is 1.69 bits per heavy atom. The van der Waals surface area contributed by atoms with Crippen LogP contribution in [0.2, 0.25) is 0 Å². The van der Waals surface area contributed by atoms with Gasteiger partial charge in [-0.2, -0.15) is 0 Å². The number of sulfonamides is 1. The summed E-state index contributed by atoms with van der Waals surface area (Å²) < 4.78 is 52.7. The number of morpholine rings is 1. The molecule has 0 unspecified atom stereocenters. The van der Waals surface area contributed by atoms with Gasteiger partial charge >= 0.3 is 0 Å². The molecule has 1 fully saturated rings. The minimum Gasteiger partial charge on any atom is -0.492 e. The highest BCUT2D eigenvalue weighted by molar-refractivity contribution is 7.92. The minimum absolute atomic E-state index is 0.303. The van der Waals surface area contributed by atoms with Gasteiger partial charge in [0.25, 0.3) is 10.0 Å². The second-order valence-corrected chi connectivity index (χ2v) is 10.5. The molecule has 4 aromatic rings. The minimum atomic E-state index is -4.05. The van der Waals surface area contributed by atoms with Crippen LogP contribution in [0.1, 0.15) is 0 Å². The zero-order chi connectivity index (χ0) is 27.1.